The first-order valence-corrected chi connectivity index (χ1v) is 39.1. The maximum atomic E-state index is 7.64. The molecule has 0 unspecified atom stereocenters. The monoisotopic (exact) mass is 1430 g/mol. The Morgan fingerprint density at radius 2 is 0.245 bits per heavy atom. The van der Waals surface area contributed by atoms with E-state index in [0.717, 1.165) is 122 Å². The van der Waals surface area contributed by atoms with Gasteiger partial charge < -0.3 is 0 Å². The summed E-state index contributed by atoms with van der Waals surface area (Å²) in [5, 5.41) is 1.36. The number of hydrogen-bond acceptors (Lipinski definition) is 0. The van der Waals surface area contributed by atoms with Gasteiger partial charge in [0.2, 0.25) is 0 Å². The lowest BCUT2D eigenvalue weighted by atomic mass is 9.76. The van der Waals surface area contributed by atoms with E-state index < -0.39 is 0 Å². The molecule has 0 heterocycles. The number of rotatable bonds is 11. The summed E-state index contributed by atoms with van der Waals surface area (Å²) >= 11 is 15.3. The van der Waals surface area contributed by atoms with Crippen LogP contribution in [0.1, 0.15) is 211 Å². The van der Waals surface area contributed by atoms with Crippen molar-refractivity contribution < 1.29 is 0 Å². The van der Waals surface area contributed by atoms with Gasteiger partial charge in [-0.1, -0.05) is 383 Å². The SMILES string of the molecule is CC(C)(C)c1ccc(-c2cc(Cl)cc(-c3ccc(C(C)(C)C)cc3)c2-c2c(-c3ccc(C(C)(C)C)cc3)cc(-c3cc(-c4ccc(C(C)(C)C)cc4)c(-c4c(-c5ccc(C(C)(C)C)cc5)cc(Cl)cc4-c4ccc(C(C)(C)C)cc4)c(-c4ccc(C(C)(C)C)cc4)c3)cc2-c2ccc(C(C)(C)C)cc2)cc1. The van der Waals surface area contributed by atoms with Gasteiger partial charge in [-0.25, -0.2) is 0 Å². The van der Waals surface area contributed by atoms with Gasteiger partial charge in [0.05, 0.1) is 0 Å². The van der Waals surface area contributed by atoms with Crippen molar-refractivity contribution in [3.8, 4) is 122 Å². The summed E-state index contributed by atoms with van der Waals surface area (Å²) in [5.74, 6) is 0. The molecule has 0 aromatic heterocycles. The lowest BCUT2D eigenvalue weighted by Gasteiger charge is -2.27. The fraction of sp³-hybridized carbons (Fsp3) is 0.308. The minimum Gasteiger partial charge on any atom is -0.0843 e. The van der Waals surface area contributed by atoms with Gasteiger partial charge >= 0.3 is 0 Å². The molecule has 0 aliphatic carbocycles. The minimum absolute atomic E-state index is 0.0515. The Morgan fingerprint density at radius 1 is 0.142 bits per heavy atom. The predicted molar refractivity (Wildman–Crippen MR) is 466 cm³/mol. The Kier molecular flexibility index (Phi) is 20.6. The molecule has 106 heavy (non-hydrogen) atoms. The van der Waals surface area contributed by atoms with Crippen molar-refractivity contribution >= 4 is 23.2 Å². The van der Waals surface area contributed by atoms with Gasteiger partial charge in [-0.3, -0.25) is 0 Å². The fourth-order valence-electron chi connectivity index (χ4n) is 14.9. The third kappa shape index (κ3) is 16.4. The van der Waals surface area contributed by atoms with Crippen LogP contribution >= 0.6 is 23.2 Å². The molecule has 0 N–H and O–H groups in total. The van der Waals surface area contributed by atoms with Crippen molar-refractivity contribution in [2.45, 2.75) is 209 Å². The lowest BCUT2D eigenvalue weighted by Crippen LogP contribution is -2.11. The van der Waals surface area contributed by atoms with E-state index in [-0.39, 0.29) is 43.3 Å². The molecule has 0 saturated carbocycles. The van der Waals surface area contributed by atoms with Crippen molar-refractivity contribution in [1.82, 2.24) is 0 Å². The second kappa shape index (κ2) is 28.4. The third-order valence-electron chi connectivity index (χ3n) is 21.8. The first kappa shape index (κ1) is 76.9. The van der Waals surface area contributed by atoms with Crippen molar-refractivity contribution in [1.29, 1.82) is 0 Å². The molecule has 0 aliphatic rings. The topological polar surface area (TPSA) is 0 Å². The molecule has 0 bridgehead atoms. The zero-order valence-electron chi connectivity index (χ0n) is 67.8. The molecule has 0 fully saturated rings. The van der Waals surface area contributed by atoms with Crippen LogP contribution in [0.4, 0.5) is 0 Å². The van der Waals surface area contributed by atoms with E-state index in [1.54, 1.807) is 0 Å². The van der Waals surface area contributed by atoms with E-state index in [2.05, 4.69) is 409 Å². The van der Waals surface area contributed by atoms with Crippen LogP contribution in [0.5, 0.6) is 0 Å². The van der Waals surface area contributed by atoms with Gasteiger partial charge in [0.25, 0.3) is 0 Å². The molecule has 12 rings (SSSR count). The Labute approximate surface area is 647 Å². The maximum absolute atomic E-state index is 7.64. The second-order valence-corrected chi connectivity index (χ2v) is 39.1. The average Bonchev–Trinajstić information content (AvgIpc) is 0.731. The smallest absolute Gasteiger partial charge is 0.0418 e. The van der Waals surface area contributed by atoms with E-state index >= 15 is 0 Å². The minimum atomic E-state index is -0.0849. The van der Waals surface area contributed by atoms with Crippen LogP contribution in [-0.4, -0.2) is 0 Å². The van der Waals surface area contributed by atoms with Crippen LogP contribution in [-0.2, 0) is 43.3 Å². The first-order chi connectivity index (χ1) is 49.4. The Hall–Kier alpha value is -8.78. The summed E-state index contributed by atoms with van der Waals surface area (Å²) in [6.45, 7) is 55.2. The Morgan fingerprint density at radius 3 is 0.349 bits per heavy atom. The number of hydrogen-bond donors (Lipinski definition) is 0. The van der Waals surface area contributed by atoms with Crippen molar-refractivity contribution in [2.24, 2.45) is 0 Å². The summed E-state index contributed by atoms with van der Waals surface area (Å²) in [4.78, 5) is 0. The maximum Gasteiger partial charge on any atom is 0.0418 e. The summed E-state index contributed by atoms with van der Waals surface area (Å²) in [6.07, 6.45) is 0. The molecule has 0 amide bonds. The van der Waals surface area contributed by atoms with E-state index in [1.807, 2.05) is 0 Å². The molecular weight excluding hydrogens is 1320 g/mol. The van der Waals surface area contributed by atoms with Crippen LogP contribution in [0.2, 0.25) is 10.0 Å². The normalized spacial score (nSPS) is 12.8. The zero-order valence-corrected chi connectivity index (χ0v) is 69.4. The number of benzene rings is 12. The van der Waals surface area contributed by atoms with Gasteiger partial charge in [-0.05, 0) is 259 Å². The second-order valence-electron chi connectivity index (χ2n) is 38.3. The van der Waals surface area contributed by atoms with Crippen LogP contribution in [0.15, 0.2) is 243 Å². The molecule has 12 aromatic carbocycles. The average molecular weight is 1430 g/mol. The molecule has 0 aliphatic heterocycles. The largest absolute Gasteiger partial charge is 0.0843 e. The fourth-order valence-corrected chi connectivity index (χ4v) is 15.4. The van der Waals surface area contributed by atoms with Crippen molar-refractivity contribution in [3.63, 3.8) is 0 Å². The van der Waals surface area contributed by atoms with Crippen LogP contribution in [0.3, 0.4) is 0 Å². The van der Waals surface area contributed by atoms with Crippen LogP contribution in [0, 0.1) is 0 Å². The summed E-state index contributed by atoms with van der Waals surface area (Å²) in [7, 11) is 0. The lowest BCUT2D eigenvalue weighted by molar-refractivity contribution is 0.590. The highest BCUT2D eigenvalue weighted by molar-refractivity contribution is 6.32. The zero-order chi connectivity index (χ0) is 76.8. The van der Waals surface area contributed by atoms with E-state index in [0.29, 0.717) is 10.0 Å². The molecule has 0 spiro atoms. The van der Waals surface area contributed by atoms with E-state index in [4.69, 9.17) is 23.2 Å². The predicted octanol–water partition coefficient (Wildman–Crippen LogP) is 31.7. The van der Waals surface area contributed by atoms with Crippen molar-refractivity contribution in [3.05, 3.63) is 297 Å². The van der Waals surface area contributed by atoms with Gasteiger partial charge in [0.15, 0.2) is 0 Å². The highest BCUT2D eigenvalue weighted by Gasteiger charge is 2.31. The molecule has 0 radical (unpaired) electrons. The van der Waals surface area contributed by atoms with Gasteiger partial charge in [0, 0.05) is 10.0 Å². The van der Waals surface area contributed by atoms with E-state index in [9.17, 15) is 0 Å². The molecule has 0 saturated heterocycles. The molecular formula is C104H112Cl2. The molecule has 0 atom stereocenters. The first-order valence-electron chi connectivity index (χ1n) is 38.3. The molecule has 12 aromatic rings. The van der Waals surface area contributed by atoms with Gasteiger partial charge in [-0.15, -0.1) is 0 Å². The number of halogens is 2. The van der Waals surface area contributed by atoms with E-state index in [1.165, 1.54) is 44.5 Å². The van der Waals surface area contributed by atoms with Crippen LogP contribution in [0.25, 0.3) is 122 Å². The Balaban J connectivity index is 1.30. The Bertz CT molecular complexity index is 4530. The standard InChI is InChI=1S/C104H112Cl2/c1-97(2,3)75-41-25-65(26-42-75)85-57-73(58-86(66-27-43-76(44-28-66)98(4,5)6)93(85)95-89(69-33-49-79(50-34-69)101(13,14)15)61-83(105)62-90(95)70-35-51-80(52-36-70)102(16,17)18)74-59-87(67-29-45-77(46-30-67)99(7,8)9)94(88(60-74)68-31-47-78(48-32-68)100(10,11)12)96-91(71-37-53-81(54-38-71)103(19,20)21)63-84(106)64-92(96)72-39-55-82(56-40-72)104(22,23)24/h25-64H,1-24H3. The molecule has 542 valence electrons. The van der Waals surface area contributed by atoms with Gasteiger partial charge in [0.1, 0.15) is 0 Å². The third-order valence-corrected chi connectivity index (χ3v) is 22.2. The summed E-state index contributed by atoms with van der Waals surface area (Å²) in [5.41, 5.74) is 33.9. The summed E-state index contributed by atoms with van der Waals surface area (Å²) < 4.78 is 0. The molecule has 0 nitrogen and oxygen atoms in total. The van der Waals surface area contributed by atoms with Gasteiger partial charge in [-0.2, -0.15) is 0 Å². The highest BCUT2D eigenvalue weighted by atomic mass is 35.5. The van der Waals surface area contributed by atoms with Crippen molar-refractivity contribution in [2.75, 3.05) is 0 Å². The quantitative estimate of drug-likeness (QED) is 0.121. The van der Waals surface area contributed by atoms with Crippen LogP contribution < -0.4 is 0 Å². The molecule has 2 heteroatoms. The summed E-state index contributed by atoms with van der Waals surface area (Å²) in [6, 6.07) is 93.8. The highest BCUT2D eigenvalue weighted by Crippen LogP contribution is 2.55.